The lowest BCUT2D eigenvalue weighted by atomic mass is 10.2. The van der Waals surface area contributed by atoms with E-state index in [4.69, 9.17) is 15.3 Å². The second kappa shape index (κ2) is 7.97. The zero-order valence-electron chi connectivity index (χ0n) is 8.21. The molecule has 1 atom stereocenters. The summed E-state index contributed by atoms with van der Waals surface area (Å²) >= 11 is 0. The fraction of sp³-hybridized carbons (Fsp3) is 0.875. The number of hydrogen-bond donors (Lipinski definition) is 2. The predicted octanol–water partition coefficient (Wildman–Crippen LogP) is -0.192. The van der Waals surface area contributed by atoms with Gasteiger partial charge in [-0.1, -0.05) is 0 Å². The van der Waals surface area contributed by atoms with Gasteiger partial charge in [-0.15, -0.1) is 0 Å². The number of methoxy groups -OCH3 is 1. The summed E-state index contributed by atoms with van der Waals surface area (Å²) < 4.78 is 4.73. The summed E-state index contributed by atoms with van der Waals surface area (Å²) in [6.07, 6.45) is 1.06. The molecule has 5 nitrogen and oxygen atoms in total. The van der Waals surface area contributed by atoms with E-state index in [9.17, 15) is 4.79 Å². The van der Waals surface area contributed by atoms with Crippen LogP contribution in [0.5, 0.6) is 0 Å². The average molecular weight is 190 g/mol. The lowest BCUT2D eigenvalue weighted by Gasteiger charge is -2.06. The molecular formula is C8H18N2O3. The Kier molecular flexibility index (Phi) is 7.57. The number of amides is 1. The Morgan fingerprint density at radius 1 is 1.54 bits per heavy atom. The van der Waals surface area contributed by atoms with Gasteiger partial charge >= 0.3 is 0 Å². The Balaban J connectivity index is 3.20. The van der Waals surface area contributed by atoms with E-state index in [1.807, 2.05) is 6.92 Å². The molecule has 13 heavy (non-hydrogen) atoms. The summed E-state index contributed by atoms with van der Waals surface area (Å²) in [5, 5.41) is 0. The molecule has 0 saturated carbocycles. The normalized spacial score (nSPS) is 12.5. The van der Waals surface area contributed by atoms with Crippen molar-refractivity contribution in [1.29, 1.82) is 0 Å². The highest BCUT2D eigenvalue weighted by atomic mass is 16.7. The van der Waals surface area contributed by atoms with Crippen LogP contribution in [0.25, 0.3) is 0 Å². The Labute approximate surface area is 78.5 Å². The van der Waals surface area contributed by atoms with Gasteiger partial charge in [-0.3, -0.25) is 9.63 Å². The molecule has 0 aliphatic rings. The van der Waals surface area contributed by atoms with Crippen molar-refractivity contribution in [1.82, 2.24) is 5.48 Å². The van der Waals surface area contributed by atoms with Crippen molar-refractivity contribution in [2.45, 2.75) is 25.8 Å². The van der Waals surface area contributed by atoms with Crippen molar-refractivity contribution in [3.63, 3.8) is 0 Å². The molecule has 0 fully saturated rings. The minimum Gasteiger partial charge on any atom is -0.382 e. The zero-order valence-corrected chi connectivity index (χ0v) is 8.21. The highest BCUT2D eigenvalue weighted by Crippen LogP contribution is 1.92. The van der Waals surface area contributed by atoms with E-state index in [1.165, 1.54) is 0 Å². The van der Waals surface area contributed by atoms with Gasteiger partial charge in [0.15, 0.2) is 0 Å². The fourth-order valence-corrected chi connectivity index (χ4v) is 0.666. The zero-order chi connectivity index (χ0) is 10.1. The molecule has 0 bridgehead atoms. The fourth-order valence-electron chi connectivity index (χ4n) is 0.666. The molecule has 3 N–H and O–H groups in total. The number of rotatable bonds is 7. The van der Waals surface area contributed by atoms with Gasteiger partial charge in [0.1, 0.15) is 0 Å². The van der Waals surface area contributed by atoms with Gasteiger partial charge in [0.05, 0.1) is 13.2 Å². The van der Waals surface area contributed by atoms with Gasteiger partial charge < -0.3 is 10.5 Å². The second-order valence-electron chi connectivity index (χ2n) is 2.88. The third-order valence-electron chi connectivity index (χ3n) is 1.40. The summed E-state index contributed by atoms with van der Waals surface area (Å²) in [6.45, 7) is 2.69. The van der Waals surface area contributed by atoms with E-state index in [2.05, 4.69) is 5.48 Å². The van der Waals surface area contributed by atoms with Crippen LogP contribution in [0.2, 0.25) is 0 Å². The number of nitrogens with two attached hydrogens (primary N) is 1. The molecule has 0 heterocycles. The van der Waals surface area contributed by atoms with Crippen LogP contribution in [0.3, 0.4) is 0 Å². The van der Waals surface area contributed by atoms with Crippen LogP contribution in [-0.4, -0.2) is 32.3 Å². The van der Waals surface area contributed by atoms with Crippen molar-refractivity contribution in [2.75, 3.05) is 20.3 Å². The van der Waals surface area contributed by atoms with Crippen molar-refractivity contribution in [3.8, 4) is 0 Å². The van der Waals surface area contributed by atoms with Gasteiger partial charge in [0, 0.05) is 19.6 Å². The van der Waals surface area contributed by atoms with Crippen LogP contribution in [-0.2, 0) is 14.4 Å². The first-order chi connectivity index (χ1) is 6.16. The summed E-state index contributed by atoms with van der Waals surface area (Å²) in [5.41, 5.74) is 7.77. The molecule has 0 aromatic heterocycles. The Bertz CT molecular complexity index is 139. The molecule has 5 heteroatoms. The maximum Gasteiger partial charge on any atom is 0.243 e. The van der Waals surface area contributed by atoms with Crippen LogP contribution in [0.15, 0.2) is 0 Å². The topological polar surface area (TPSA) is 73.6 Å². The molecular weight excluding hydrogens is 172 g/mol. The number of ether oxygens (including phenoxy) is 1. The highest BCUT2D eigenvalue weighted by Gasteiger charge is 2.02. The predicted molar refractivity (Wildman–Crippen MR) is 48.9 cm³/mol. The van der Waals surface area contributed by atoms with E-state index in [1.54, 1.807) is 7.11 Å². The van der Waals surface area contributed by atoms with E-state index in [-0.39, 0.29) is 11.9 Å². The molecule has 0 aromatic rings. The molecule has 1 unspecified atom stereocenters. The first kappa shape index (κ1) is 12.3. The maximum absolute atomic E-state index is 11.0. The van der Waals surface area contributed by atoms with E-state index in [0.29, 0.717) is 26.1 Å². The number of hydroxylamine groups is 1. The third kappa shape index (κ3) is 9.26. The average Bonchev–Trinajstić information content (AvgIpc) is 2.09. The third-order valence-corrected chi connectivity index (χ3v) is 1.40. The summed E-state index contributed by atoms with van der Waals surface area (Å²) in [5.74, 6) is -0.145. The number of carbonyl (C=O) groups excluding carboxylic acids is 1. The molecule has 0 aliphatic carbocycles. The minimum absolute atomic E-state index is 0.0460. The quantitative estimate of drug-likeness (QED) is 0.431. The van der Waals surface area contributed by atoms with Crippen LogP contribution in [0.4, 0.5) is 0 Å². The summed E-state index contributed by atoms with van der Waals surface area (Å²) in [6, 6.07) is 0.0460. The van der Waals surface area contributed by atoms with Crippen molar-refractivity contribution >= 4 is 5.91 Å². The lowest BCUT2D eigenvalue weighted by Crippen LogP contribution is -2.27. The second-order valence-corrected chi connectivity index (χ2v) is 2.88. The van der Waals surface area contributed by atoms with Crippen LogP contribution in [0, 0.1) is 0 Å². The lowest BCUT2D eigenvalue weighted by molar-refractivity contribution is -0.134. The summed E-state index contributed by atoms with van der Waals surface area (Å²) in [7, 11) is 1.57. The van der Waals surface area contributed by atoms with Gasteiger partial charge in [-0.25, -0.2) is 5.48 Å². The maximum atomic E-state index is 11.0. The molecule has 0 saturated heterocycles. The molecule has 0 rings (SSSR count). The van der Waals surface area contributed by atoms with Crippen molar-refractivity contribution in [3.05, 3.63) is 0 Å². The smallest absolute Gasteiger partial charge is 0.243 e. The standard InChI is InChI=1S/C8H18N2O3/c1-7(9)3-4-8(11)10-13-6-5-12-2/h7H,3-6,9H2,1-2H3,(H,10,11). The van der Waals surface area contributed by atoms with E-state index in [0.717, 1.165) is 0 Å². The monoisotopic (exact) mass is 190 g/mol. The van der Waals surface area contributed by atoms with Gasteiger partial charge in [0.2, 0.25) is 5.91 Å². The molecule has 78 valence electrons. The van der Waals surface area contributed by atoms with Crippen molar-refractivity contribution in [2.24, 2.45) is 5.73 Å². The summed E-state index contributed by atoms with van der Waals surface area (Å²) in [4.78, 5) is 15.8. The SMILES string of the molecule is COCCONC(=O)CCC(C)N. The first-order valence-electron chi connectivity index (χ1n) is 4.32. The van der Waals surface area contributed by atoms with E-state index >= 15 is 0 Å². The number of hydrogen-bond acceptors (Lipinski definition) is 4. The largest absolute Gasteiger partial charge is 0.382 e. The van der Waals surface area contributed by atoms with Gasteiger partial charge in [0.25, 0.3) is 0 Å². The Morgan fingerprint density at radius 3 is 2.77 bits per heavy atom. The number of carbonyl (C=O) groups is 1. The Hall–Kier alpha value is -0.650. The molecule has 0 aliphatic heterocycles. The Morgan fingerprint density at radius 2 is 2.23 bits per heavy atom. The molecule has 0 spiro atoms. The highest BCUT2D eigenvalue weighted by molar-refractivity contribution is 5.74. The van der Waals surface area contributed by atoms with Crippen LogP contribution in [0.1, 0.15) is 19.8 Å². The molecule has 0 radical (unpaired) electrons. The van der Waals surface area contributed by atoms with Gasteiger partial charge in [-0.2, -0.15) is 0 Å². The van der Waals surface area contributed by atoms with E-state index < -0.39 is 0 Å². The van der Waals surface area contributed by atoms with Crippen LogP contribution < -0.4 is 11.2 Å². The number of nitrogens with one attached hydrogen (secondary N) is 1. The first-order valence-corrected chi connectivity index (χ1v) is 4.32. The van der Waals surface area contributed by atoms with Crippen LogP contribution >= 0.6 is 0 Å². The minimum atomic E-state index is -0.145. The van der Waals surface area contributed by atoms with Crippen molar-refractivity contribution < 1.29 is 14.4 Å². The molecule has 1 amide bonds. The van der Waals surface area contributed by atoms with Gasteiger partial charge in [-0.05, 0) is 13.3 Å². The molecule has 0 aromatic carbocycles.